The Morgan fingerprint density at radius 2 is 1.88 bits per heavy atom. The van der Waals surface area contributed by atoms with E-state index in [2.05, 4.69) is 29.7 Å². The SMILES string of the molecule is CCNC(=NCc1ccc(OC)cc1)NCC1(CCOC)CCC1.I. The average Bonchev–Trinajstić information content (AvgIpc) is 2.58. The summed E-state index contributed by atoms with van der Waals surface area (Å²) in [7, 11) is 3.46. The number of guanidine groups is 1. The van der Waals surface area contributed by atoms with E-state index in [4.69, 9.17) is 14.5 Å². The molecule has 0 bridgehead atoms. The summed E-state index contributed by atoms with van der Waals surface area (Å²) in [6.07, 6.45) is 5.00. The van der Waals surface area contributed by atoms with Crippen LogP contribution >= 0.6 is 24.0 Å². The molecule has 1 fully saturated rings. The highest BCUT2D eigenvalue weighted by Crippen LogP contribution is 2.43. The third-order valence-electron chi connectivity index (χ3n) is 4.80. The zero-order valence-electron chi connectivity index (χ0n) is 15.6. The minimum atomic E-state index is 0. The molecule has 0 radical (unpaired) electrons. The van der Waals surface area contributed by atoms with E-state index >= 15 is 0 Å². The van der Waals surface area contributed by atoms with Gasteiger partial charge in [0, 0.05) is 26.8 Å². The second kappa shape index (κ2) is 11.6. The lowest BCUT2D eigenvalue weighted by atomic mass is 9.67. The van der Waals surface area contributed by atoms with Gasteiger partial charge in [-0.1, -0.05) is 18.6 Å². The highest BCUT2D eigenvalue weighted by Gasteiger charge is 2.36. The van der Waals surface area contributed by atoms with Gasteiger partial charge in [0.15, 0.2) is 5.96 Å². The van der Waals surface area contributed by atoms with Gasteiger partial charge in [0.2, 0.25) is 0 Å². The second-order valence-corrected chi connectivity index (χ2v) is 6.49. The predicted octanol–water partition coefficient (Wildman–Crippen LogP) is 3.58. The maximum atomic E-state index is 5.27. The molecule has 0 unspecified atom stereocenters. The zero-order valence-corrected chi connectivity index (χ0v) is 18.0. The van der Waals surface area contributed by atoms with E-state index in [0.29, 0.717) is 12.0 Å². The lowest BCUT2D eigenvalue weighted by molar-refractivity contribution is 0.0732. The van der Waals surface area contributed by atoms with Crippen LogP contribution in [-0.2, 0) is 11.3 Å². The molecule has 142 valence electrons. The van der Waals surface area contributed by atoms with Crippen LogP contribution in [0.1, 0.15) is 38.2 Å². The second-order valence-electron chi connectivity index (χ2n) is 6.49. The lowest BCUT2D eigenvalue weighted by Gasteiger charge is -2.42. The Morgan fingerprint density at radius 3 is 2.40 bits per heavy atom. The van der Waals surface area contributed by atoms with Gasteiger partial charge in [-0.05, 0) is 49.3 Å². The van der Waals surface area contributed by atoms with Crippen molar-refractivity contribution in [2.45, 2.75) is 39.2 Å². The molecule has 1 aliphatic carbocycles. The van der Waals surface area contributed by atoms with E-state index in [1.54, 1.807) is 14.2 Å². The van der Waals surface area contributed by atoms with Crippen LogP contribution < -0.4 is 15.4 Å². The molecule has 2 N–H and O–H groups in total. The molecule has 0 atom stereocenters. The first-order valence-electron chi connectivity index (χ1n) is 8.85. The standard InChI is InChI=1S/C19H31N3O2.HI/c1-4-20-18(21-14-16-6-8-17(24-3)9-7-16)22-15-19(10-5-11-19)12-13-23-2;/h6-9H,4-5,10-15H2,1-3H3,(H2,20,21,22);1H. The van der Waals surface area contributed by atoms with Crippen LogP contribution in [0.2, 0.25) is 0 Å². The number of benzene rings is 1. The van der Waals surface area contributed by atoms with Crippen molar-refractivity contribution in [2.24, 2.45) is 10.4 Å². The first-order valence-corrected chi connectivity index (χ1v) is 8.85. The predicted molar refractivity (Wildman–Crippen MR) is 114 cm³/mol. The fraction of sp³-hybridized carbons (Fsp3) is 0.632. The molecule has 0 amide bonds. The fourth-order valence-corrected chi connectivity index (χ4v) is 3.02. The van der Waals surface area contributed by atoms with Gasteiger partial charge in [0.25, 0.3) is 0 Å². The first kappa shape index (κ1) is 22.0. The number of hydrogen-bond donors (Lipinski definition) is 2. The summed E-state index contributed by atoms with van der Waals surface area (Å²) in [4.78, 5) is 4.70. The summed E-state index contributed by atoms with van der Waals surface area (Å²) in [5.41, 5.74) is 1.55. The number of aliphatic imine (C=N–C) groups is 1. The molecule has 1 saturated carbocycles. The maximum absolute atomic E-state index is 5.27. The van der Waals surface area contributed by atoms with Crippen LogP contribution in [0, 0.1) is 5.41 Å². The number of rotatable bonds is 9. The summed E-state index contributed by atoms with van der Waals surface area (Å²) in [5, 5.41) is 6.86. The van der Waals surface area contributed by atoms with Crippen LogP contribution in [0.4, 0.5) is 0 Å². The Bertz CT molecular complexity index is 516. The van der Waals surface area contributed by atoms with Crippen molar-refractivity contribution in [3.63, 3.8) is 0 Å². The van der Waals surface area contributed by atoms with E-state index in [-0.39, 0.29) is 24.0 Å². The lowest BCUT2D eigenvalue weighted by Crippen LogP contribution is -2.46. The van der Waals surface area contributed by atoms with Crippen LogP contribution in [0.5, 0.6) is 5.75 Å². The Hall–Kier alpha value is -1.02. The monoisotopic (exact) mass is 461 g/mol. The molecule has 0 heterocycles. The molecule has 2 rings (SSSR count). The number of methoxy groups -OCH3 is 2. The number of nitrogens with one attached hydrogen (secondary N) is 2. The van der Waals surface area contributed by atoms with Gasteiger partial charge in [0.1, 0.15) is 5.75 Å². The van der Waals surface area contributed by atoms with E-state index in [1.807, 2.05) is 12.1 Å². The molecule has 0 aromatic heterocycles. The largest absolute Gasteiger partial charge is 0.497 e. The van der Waals surface area contributed by atoms with Gasteiger partial charge in [-0.3, -0.25) is 0 Å². The third kappa shape index (κ3) is 7.01. The molecule has 6 heteroatoms. The van der Waals surface area contributed by atoms with Gasteiger partial charge in [0.05, 0.1) is 13.7 Å². The molecule has 0 aliphatic heterocycles. The van der Waals surface area contributed by atoms with E-state index in [1.165, 1.54) is 24.8 Å². The quantitative estimate of drug-likeness (QED) is 0.336. The number of hydrogen-bond acceptors (Lipinski definition) is 3. The summed E-state index contributed by atoms with van der Waals surface area (Å²) >= 11 is 0. The Morgan fingerprint density at radius 1 is 1.16 bits per heavy atom. The summed E-state index contributed by atoms with van der Waals surface area (Å²) in [6, 6.07) is 8.05. The molecular weight excluding hydrogens is 429 g/mol. The number of nitrogens with zero attached hydrogens (tertiary/aromatic N) is 1. The van der Waals surface area contributed by atoms with Crippen LogP contribution in [0.25, 0.3) is 0 Å². The van der Waals surface area contributed by atoms with E-state index < -0.39 is 0 Å². The highest BCUT2D eigenvalue weighted by molar-refractivity contribution is 14.0. The van der Waals surface area contributed by atoms with Gasteiger partial charge < -0.3 is 20.1 Å². The fourth-order valence-electron chi connectivity index (χ4n) is 3.02. The average molecular weight is 461 g/mol. The topological polar surface area (TPSA) is 54.9 Å². The minimum absolute atomic E-state index is 0. The van der Waals surface area contributed by atoms with Crippen molar-refractivity contribution < 1.29 is 9.47 Å². The Labute approximate surface area is 169 Å². The summed E-state index contributed by atoms with van der Waals surface area (Å²) in [6.45, 7) is 5.41. The summed E-state index contributed by atoms with van der Waals surface area (Å²) in [5.74, 6) is 1.76. The third-order valence-corrected chi connectivity index (χ3v) is 4.80. The molecule has 1 aromatic rings. The summed E-state index contributed by atoms with van der Waals surface area (Å²) < 4.78 is 10.5. The van der Waals surface area contributed by atoms with Crippen LogP contribution in [0.15, 0.2) is 29.3 Å². The van der Waals surface area contributed by atoms with Gasteiger partial charge in [-0.25, -0.2) is 4.99 Å². The van der Waals surface area contributed by atoms with Crippen molar-refractivity contribution in [1.82, 2.24) is 10.6 Å². The number of ether oxygens (including phenoxy) is 2. The van der Waals surface area contributed by atoms with Crippen LogP contribution in [0.3, 0.4) is 0 Å². The molecule has 5 nitrogen and oxygen atoms in total. The van der Waals surface area contributed by atoms with Crippen LogP contribution in [-0.4, -0.2) is 39.9 Å². The van der Waals surface area contributed by atoms with Crippen molar-refractivity contribution in [2.75, 3.05) is 33.9 Å². The maximum Gasteiger partial charge on any atom is 0.191 e. The minimum Gasteiger partial charge on any atom is -0.497 e. The van der Waals surface area contributed by atoms with Gasteiger partial charge >= 0.3 is 0 Å². The van der Waals surface area contributed by atoms with Crippen molar-refractivity contribution >= 4 is 29.9 Å². The van der Waals surface area contributed by atoms with Crippen molar-refractivity contribution in [3.05, 3.63) is 29.8 Å². The van der Waals surface area contributed by atoms with Gasteiger partial charge in [-0.2, -0.15) is 0 Å². The highest BCUT2D eigenvalue weighted by atomic mass is 127. The molecular formula is C19H32IN3O2. The Balaban J connectivity index is 0.00000312. The van der Waals surface area contributed by atoms with E-state index in [9.17, 15) is 0 Å². The number of halogens is 1. The molecule has 1 aliphatic rings. The van der Waals surface area contributed by atoms with Crippen molar-refractivity contribution in [3.8, 4) is 5.75 Å². The first-order chi connectivity index (χ1) is 11.7. The molecule has 25 heavy (non-hydrogen) atoms. The van der Waals surface area contributed by atoms with Crippen molar-refractivity contribution in [1.29, 1.82) is 0 Å². The van der Waals surface area contributed by atoms with E-state index in [0.717, 1.165) is 37.8 Å². The normalized spacial score (nSPS) is 15.7. The van der Waals surface area contributed by atoms with Gasteiger partial charge in [-0.15, -0.1) is 24.0 Å². The molecule has 0 spiro atoms. The Kier molecular flexibility index (Phi) is 10.2. The molecule has 1 aromatic carbocycles. The zero-order chi connectivity index (χ0) is 17.3. The molecule has 0 saturated heterocycles. The smallest absolute Gasteiger partial charge is 0.191 e.